The molecular formula is C18H20ClFN4O2. The first-order valence-corrected chi connectivity index (χ1v) is 9.26. The zero-order valence-corrected chi connectivity index (χ0v) is 14.9. The third-order valence-electron chi connectivity index (χ3n) is 5.56. The summed E-state index contributed by atoms with van der Waals surface area (Å²) in [5.74, 6) is -0.798. The number of fused-ring (bicyclic) bond motifs is 1. The van der Waals surface area contributed by atoms with Crippen molar-refractivity contribution in [3.05, 3.63) is 40.9 Å². The molecule has 8 heteroatoms. The van der Waals surface area contributed by atoms with Gasteiger partial charge in [-0.25, -0.2) is 9.07 Å². The number of benzene rings is 1. The molecule has 1 saturated heterocycles. The molecule has 26 heavy (non-hydrogen) atoms. The van der Waals surface area contributed by atoms with E-state index in [-0.39, 0.29) is 5.02 Å². The molecule has 2 heterocycles. The Morgan fingerprint density at radius 2 is 2.15 bits per heavy atom. The Balaban J connectivity index is 1.55. The highest BCUT2D eigenvalue weighted by Gasteiger charge is 2.45. The van der Waals surface area contributed by atoms with Crippen molar-refractivity contribution >= 4 is 17.6 Å². The topological polar surface area (TPSA) is 71.2 Å². The predicted molar refractivity (Wildman–Crippen MR) is 93.7 cm³/mol. The number of likely N-dealkylation sites (tertiary alicyclic amines) is 1. The highest BCUT2D eigenvalue weighted by Crippen LogP contribution is 2.40. The quantitative estimate of drug-likeness (QED) is 0.884. The normalized spacial score (nSPS) is 26.0. The summed E-state index contributed by atoms with van der Waals surface area (Å²) in [6, 6.07) is 4.19. The van der Waals surface area contributed by atoms with Gasteiger partial charge in [0.25, 0.3) is 0 Å². The molecule has 0 radical (unpaired) electrons. The number of hydrogen-bond donors (Lipinski definition) is 1. The minimum Gasteiger partial charge on any atom is -0.480 e. The van der Waals surface area contributed by atoms with Crippen molar-refractivity contribution < 1.29 is 14.3 Å². The van der Waals surface area contributed by atoms with Crippen molar-refractivity contribution in [1.82, 2.24) is 19.9 Å². The second-order valence-electron chi connectivity index (χ2n) is 7.13. The van der Waals surface area contributed by atoms with Crippen LogP contribution in [0.4, 0.5) is 4.39 Å². The number of rotatable bonds is 4. The van der Waals surface area contributed by atoms with Crippen LogP contribution in [0.25, 0.3) is 5.69 Å². The number of nitrogens with zero attached hydrogens (tertiary/aromatic N) is 4. The Hall–Kier alpha value is -1.99. The van der Waals surface area contributed by atoms with Crippen LogP contribution in [-0.4, -0.2) is 43.1 Å². The Kier molecular flexibility index (Phi) is 4.67. The second kappa shape index (κ2) is 6.96. The van der Waals surface area contributed by atoms with E-state index in [0.717, 1.165) is 19.3 Å². The largest absolute Gasteiger partial charge is 0.480 e. The van der Waals surface area contributed by atoms with Gasteiger partial charge in [0.05, 0.1) is 22.6 Å². The van der Waals surface area contributed by atoms with E-state index in [1.54, 1.807) is 12.3 Å². The van der Waals surface area contributed by atoms with Gasteiger partial charge in [-0.1, -0.05) is 29.7 Å². The van der Waals surface area contributed by atoms with E-state index in [2.05, 4.69) is 15.2 Å². The summed E-state index contributed by atoms with van der Waals surface area (Å²) in [5.41, 5.74) is 1.31. The van der Waals surface area contributed by atoms with Crippen LogP contribution in [0.5, 0.6) is 0 Å². The average molecular weight is 379 g/mol. The van der Waals surface area contributed by atoms with E-state index in [0.29, 0.717) is 36.3 Å². The zero-order valence-electron chi connectivity index (χ0n) is 14.2. The van der Waals surface area contributed by atoms with Crippen molar-refractivity contribution in [3.8, 4) is 5.69 Å². The molecule has 1 aliphatic carbocycles. The lowest BCUT2D eigenvalue weighted by Crippen LogP contribution is -2.41. The van der Waals surface area contributed by atoms with Gasteiger partial charge in [0.2, 0.25) is 0 Å². The van der Waals surface area contributed by atoms with Gasteiger partial charge < -0.3 is 5.11 Å². The molecule has 1 N–H and O–H groups in total. The molecule has 1 aliphatic heterocycles. The Morgan fingerprint density at radius 3 is 2.92 bits per heavy atom. The first-order chi connectivity index (χ1) is 12.5. The number of carbonyl (C=O) groups is 1. The minimum absolute atomic E-state index is 0.0232. The molecule has 1 saturated carbocycles. The van der Waals surface area contributed by atoms with Crippen LogP contribution in [0.15, 0.2) is 24.4 Å². The Bertz CT molecular complexity index is 827. The molecule has 2 aliphatic rings. The third-order valence-corrected chi connectivity index (χ3v) is 5.85. The molecule has 2 fully saturated rings. The van der Waals surface area contributed by atoms with Gasteiger partial charge in [0.15, 0.2) is 0 Å². The monoisotopic (exact) mass is 378 g/mol. The minimum atomic E-state index is -0.767. The fourth-order valence-electron chi connectivity index (χ4n) is 4.33. The van der Waals surface area contributed by atoms with Crippen LogP contribution < -0.4 is 0 Å². The van der Waals surface area contributed by atoms with Crippen molar-refractivity contribution in [2.75, 3.05) is 0 Å². The molecule has 3 atom stereocenters. The average Bonchev–Trinajstić information content (AvgIpc) is 3.23. The molecule has 138 valence electrons. The maximum absolute atomic E-state index is 13.3. The van der Waals surface area contributed by atoms with E-state index in [4.69, 9.17) is 11.6 Å². The summed E-state index contributed by atoms with van der Waals surface area (Å²) in [7, 11) is 0. The standard InChI is InChI=1S/C18H20ClFN4O2/c19-14-8-13(5-6-15(14)20)24-10-12(21-22-24)9-23-16-4-2-1-3-11(16)7-17(23)18(25)26/h5-6,8,10-11,16-17H,1-4,7,9H2,(H,25,26). The molecule has 3 unspecified atom stereocenters. The summed E-state index contributed by atoms with van der Waals surface area (Å²) < 4.78 is 14.9. The van der Waals surface area contributed by atoms with E-state index in [1.165, 1.54) is 23.2 Å². The van der Waals surface area contributed by atoms with Crippen molar-refractivity contribution in [3.63, 3.8) is 0 Å². The maximum Gasteiger partial charge on any atom is 0.320 e. The smallest absolute Gasteiger partial charge is 0.320 e. The van der Waals surface area contributed by atoms with Gasteiger partial charge in [-0.2, -0.15) is 0 Å². The van der Waals surface area contributed by atoms with E-state index >= 15 is 0 Å². The summed E-state index contributed by atoms with van der Waals surface area (Å²) in [5, 5.41) is 17.9. The summed E-state index contributed by atoms with van der Waals surface area (Å²) in [4.78, 5) is 13.8. The first-order valence-electron chi connectivity index (χ1n) is 8.88. The second-order valence-corrected chi connectivity index (χ2v) is 7.53. The molecule has 0 amide bonds. The SMILES string of the molecule is O=C(O)C1CC2CCCCC2N1Cc1cn(-c2ccc(F)c(Cl)c2)nn1. The molecule has 0 spiro atoms. The first kappa shape index (κ1) is 17.4. The molecule has 1 aromatic heterocycles. The fourth-order valence-corrected chi connectivity index (χ4v) is 4.51. The van der Waals surface area contributed by atoms with Crippen LogP contribution in [-0.2, 0) is 11.3 Å². The van der Waals surface area contributed by atoms with Crippen molar-refractivity contribution in [1.29, 1.82) is 0 Å². The van der Waals surface area contributed by atoms with Crippen LogP contribution >= 0.6 is 11.6 Å². The van der Waals surface area contributed by atoms with E-state index in [1.807, 2.05) is 0 Å². The molecular weight excluding hydrogens is 359 g/mol. The van der Waals surface area contributed by atoms with Gasteiger partial charge in [-0.05, 0) is 43.4 Å². The van der Waals surface area contributed by atoms with Gasteiger partial charge in [0, 0.05) is 12.6 Å². The van der Waals surface area contributed by atoms with Crippen LogP contribution in [0.1, 0.15) is 37.8 Å². The van der Waals surface area contributed by atoms with Gasteiger partial charge in [0.1, 0.15) is 11.9 Å². The molecule has 6 nitrogen and oxygen atoms in total. The molecule has 2 aromatic rings. The zero-order chi connectivity index (χ0) is 18.3. The number of carboxylic acids is 1. The number of hydrogen-bond acceptors (Lipinski definition) is 4. The summed E-state index contributed by atoms with van der Waals surface area (Å²) in [6.07, 6.45) is 6.93. The molecule has 0 bridgehead atoms. The summed E-state index contributed by atoms with van der Waals surface area (Å²) >= 11 is 5.83. The predicted octanol–water partition coefficient (Wildman–Crippen LogP) is 3.28. The molecule has 1 aromatic carbocycles. The van der Waals surface area contributed by atoms with Crippen molar-refractivity contribution in [2.45, 2.75) is 50.7 Å². The van der Waals surface area contributed by atoms with E-state index < -0.39 is 17.8 Å². The van der Waals surface area contributed by atoms with Crippen LogP contribution in [0.2, 0.25) is 5.02 Å². The lowest BCUT2D eigenvalue weighted by molar-refractivity contribution is -0.142. The highest BCUT2D eigenvalue weighted by molar-refractivity contribution is 6.30. The van der Waals surface area contributed by atoms with Crippen molar-refractivity contribution in [2.24, 2.45) is 5.92 Å². The van der Waals surface area contributed by atoms with Gasteiger partial charge in [-0.3, -0.25) is 9.69 Å². The lowest BCUT2D eigenvalue weighted by Gasteiger charge is -2.32. The van der Waals surface area contributed by atoms with Gasteiger partial charge in [-0.15, -0.1) is 5.10 Å². The Labute approximate surface area is 155 Å². The maximum atomic E-state index is 13.3. The number of aromatic nitrogens is 3. The highest BCUT2D eigenvalue weighted by atomic mass is 35.5. The van der Waals surface area contributed by atoms with Crippen LogP contribution in [0, 0.1) is 11.7 Å². The van der Waals surface area contributed by atoms with Gasteiger partial charge >= 0.3 is 5.97 Å². The van der Waals surface area contributed by atoms with E-state index in [9.17, 15) is 14.3 Å². The lowest BCUT2D eigenvalue weighted by atomic mass is 9.85. The van der Waals surface area contributed by atoms with Crippen LogP contribution in [0.3, 0.4) is 0 Å². The summed E-state index contributed by atoms with van der Waals surface area (Å²) in [6.45, 7) is 0.451. The number of halogens is 2. The third kappa shape index (κ3) is 3.21. The number of carboxylic acid groups (broad SMARTS) is 1. The fraction of sp³-hybridized carbons (Fsp3) is 0.500. The number of aliphatic carboxylic acids is 1. The Morgan fingerprint density at radius 1 is 1.35 bits per heavy atom. The molecule has 4 rings (SSSR count).